The van der Waals surface area contributed by atoms with Crippen LogP contribution in [0.5, 0.6) is 0 Å². The van der Waals surface area contributed by atoms with E-state index in [0.29, 0.717) is 24.4 Å². The summed E-state index contributed by atoms with van der Waals surface area (Å²) < 4.78 is 1.53. The topological polar surface area (TPSA) is 76.2 Å². The van der Waals surface area contributed by atoms with Gasteiger partial charge in [0.2, 0.25) is 0 Å². The zero-order chi connectivity index (χ0) is 9.26. The Morgan fingerprint density at radius 3 is 3.15 bits per heavy atom. The van der Waals surface area contributed by atoms with Crippen LogP contribution in [0.4, 0.5) is 0 Å². The molecule has 0 atom stereocenters. The number of fused-ring (bicyclic) bond motifs is 1. The van der Waals surface area contributed by atoms with Crippen molar-refractivity contribution in [3.8, 4) is 0 Å². The number of nitrogens with two attached hydrogens (primary N) is 1. The van der Waals surface area contributed by atoms with E-state index >= 15 is 0 Å². The molecule has 5 nitrogen and oxygen atoms in total. The van der Waals surface area contributed by atoms with E-state index in [1.807, 2.05) is 0 Å². The Kier molecular flexibility index (Phi) is 1.86. The van der Waals surface area contributed by atoms with E-state index in [2.05, 4.69) is 10.2 Å². The lowest BCUT2D eigenvalue weighted by Gasteiger charge is -1.94. The van der Waals surface area contributed by atoms with Gasteiger partial charge in [0.25, 0.3) is 5.56 Å². The summed E-state index contributed by atoms with van der Waals surface area (Å²) in [6, 6.07) is 5.00. The van der Waals surface area contributed by atoms with E-state index in [0.717, 1.165) is 0 Å². The van der Waals surface area contributed by atoms with Crippen molar-refractivity contribution in [2.45, 2.75) is 6.42 Å². The molecular weight excluding hydrogens is 168 g/mol. The maximum Gasteiger partial charge on any atom is 0.257 e. The largest absolute Gasteiger partial charge is 0.330 e. The number of pyridine rings is 1. The number of H-pyrrole nitrogens is 1. The smallest absolute Gasteiger partial charge is 0.257 e. The molecule has 0 aliphatic carbocycles. The molecule has 0 aromatic carbocycles. The minimum absolute atomic E-state index is 0.0744. The summed E-state index contributed by atoms with van der Waals surface area (Å²) >= 11 is 0. The first-order valence-electron chi connectivity index (χ1n) is 4.08. The van der Waals surface area contributed by atoms with Crippen LogP contribution in [0.1, 0.15) is 5.82 Å². The van der Waals surface area contributed by atoms with Gasteiger partial charge in [0.05, 0.1) is 0 Å². The van der Waals surface area contributed by atoms with Gasteiger partial charge < -0.3 is 5.73 Å². The van der Waals surface area contributed by atoms with Crippen molar-refractivity contribution in [1.29, 1.82) is 0 Å². The van der Waals surface area contributed by atoms with Gasteiger partial charge in [-0.2, -0.15) is 5.10 Å². The molecule has 2 aromatic rings. The minimum atomic E-state index is -0.0744. The molecule has 0 aliphatic heterocycles. The van der Waals surface area contributed by atoms with Crippen LogP contribution in [-0.2, 0) is 6.42 Å². The van der Waals surface area contributed by atoms with E-state index in [4.69, 9.17) is 5.73 Å². The Labute approximate surface area is 74.2 Å². The van der Waals surface area contributed by atoms with Crippen molar-refractivity contribution >= 4 is 5.65 Å². The van der Waals surface area contributed by atoms with E-state index in [1.54, 1.807) is 12.1 Å². The van der Waals surface area contributed by atoms with Crippen molar-refractivity contribution in [3.63, 3.8) is 0 Å². The van der Waals surface area contributed by atoms with Gasteiger partial charge in [-0.05, 0) is 12.6 Å². The second-order valence-corrected chi connectivity index (χ2v) is 2.76. The molecule has 68 valence electrons. The molecule has 0 aliphatic rings. The highest BCUT2D eigenvalue weighted by molar-refractivity contribution is 5.37. The van der Waals surface area contributed by atoms with Crippen LogP contribution in [0.25, 0.3) is 5.65 Å². The van der Waals surface area contributed by atoms with Crippen molar-refractivity contribution in [3.05, 3.63) is 34.4 Å². The number of hydrogen-bond acceptors (Lipinski definition) is 3. The Morgan fingerprint density at radius 2 is 2.38 bits per heavy atom. The molecule has 0 unspecified atom stereocenters. The maximum atomic E-state index is 11.4. The number of aromatic amines is 1. The van der Waals surface area contributed by atoms with Crippen molar-refractivity contribution in [1.82, 2.24) is 14.6 Å². The number of rotatable bonds is 2. The fourth-order valence-electron chi connectivity index (χ4n) is 1.31. The lowest BCUT2D eigenvalue weighted by Crippen LogP contribution is -2.15. The third-order valence-corrected chi connectivity index (χ3v) is 1.88. The lowest BCUT2D eigenvalue weighted by atomic mass is 10.4. The fraction of sp³-hybridized carbons (Fsp3) is 0.250. The molecular formula is C8H10N4O. The minimum Gasteiger partial charge on any atom is -0.330 e. The van der Waals surface area contributed by atoms with Crippen molar-refractivity contribution in [2.75, 3.05) is 6.54 Å². The molecule has 0 saturated carbocycles. The number of nitrogens with one attached hydrogen (secondary N) is 1. The van der Waals surface area contributed by atoms with E-state index in [9.17, 15) is 4.79 Å². The maximum absolute atomic E-state index is 11.4. The lowest BCUT2D eigenvalue weighted by molar-refractivity contribution is 0.838. The predicted octanol–water partition coefficient (Wildman–Crippen LogP) is -0.476. The number of aromatic nitrogens is 3. The average Bonchev–Trinajstić information content (AvgIpc) is 2.51. The van der Waals surface area contributed by atoms with E-state index in [1.165, 1.54) is 10.5 Å². The monoisotopic (exact) mass is 178 g/mol. The zero-order valence-electron chi connectivity index (χ0n) is 7.03. The summed E-state index contributed by atoms with van der Waals surface area (Å²) in [7, 11) is 0. The van der Waals surface area contributed by atoms with Crippen LogP contribution in [0.15, 0.2) is 23.0 Å². The highest BCUT2D eigenvalue weighted by atomic mass is 16.1. The molecule has 0 saturated heterocycles. The standard InChI is InChI=1S/C8H10N4O/c9-5-4-7-11-10-6-2-1-3-8(13)12(6)7/h1-3,10H,4-5,9H2. The molecule has 2 heterocycles. The number of nitrogens with zero attached hydrogens (tertiary/aromatic N) is 2. The van der Waals surface area contributed by atoms with Gasteiger partial charge in [-0.1, -0.05) is 6.07 Å². The third-order valence-electron chi connectivity index (χ3n) is 1.88. The summed E-state index contributed by atoms with van der Waals surface area (Å²) in [4.78, 5) is 11.4. The Hall–Kier alpha value is -1.62. The van der Waals surface area contributed by atoms with Gasteiger partial charge >= 0.3 is 0 Å². The predicted molar refractivity (Wildman–Crippen MR) is 48.6 cm³/mol. The number of hydrogen-bond donors (Lipinski definition) is 2. The van der Waals surface area contributed by atoms with Crippen molar-refractivity contribution in [2.24, 2.45) is 5.73 Å². The van der Waals surface area contributed by atoms with Crippen LogP contribution in [0, 0.1) is 0 Å². The SMILES string of the molecule is NCCc1n[nH]c2cccc(=O)n12. The molecule has 0 fully saturated rings. The first kappa shape index (κ1) is 8.00. The van der Waals surface area contributed by atoms with Crippen LogP contribution in [0.2, 0.25) is 0 Å². The highest BCUT2D eigenvalue weighted by Gasteiger charge is 2.04. The van der Waals surface area contributed by atoms with E-state index < -0.39 is 0 Å². The molecule has 0 spiro atoms. The highest BCUT2D eigenvalue weighted by Crippen LogP contribution is 1.98. The summed E-state index contributed by atoms with van der Waals surface area (Å²) in [5.41, 5.74) is 6.02. The second kappa shape index (κ2) is 3.02. The zero-order valence-corrected chi connectivity index (χ0v) is 7.03. The van der Waals surface area contributed by atoms with Gasteiger partial charge in [-0.15, -0.1) is 0 Å². The Bertz CT molecular complexity index is 470. The van der Waals surface area contributed by atoms with Gasteiger partial charge in [0.1, 0.15) is 11.5 Å². The van der Waals surface area contributed by atoms with Gasteiger partial charge in [0, 0.05) is 12.5 Å². The molecule has 2 aromatic heterocycles. The molecule has 13 heavy (non-hydrogen) atoms. The summed E-state index contributed by atoms with van der Waals surface area (Å²) in [5, 5.41) is 6.78. The molecule has 0 amide bonds. The van der Waals surface area contributed by atoms with Gasteiger partial charge in [-0.25, -0.2) is 4.40 Å². The second-order valence-electron chi connectivity index (χ2n) is 2.76. The van der Waals surface area contributed by atoms with Crippen LogP contribution < -0.4 is 11.3 Å². The molecule has 0 radical (unpaired) electrons. The third kappa shape index (κ3) is 1.23. The summed E-state index contributed by atoms with van der Waals surface area (Å²) in [6.45, 7) is 0.487. The Morgan fingerprint density at radius 1 is 1.54 bits per heavy atom. The summed E-state index contributed by atoms with van der Waals surface area (Å²) in [6.07, 6.45) is 0.601. The average molecular weight is 178 g/mol. The van der Waals surface area contributed by atoms with Crippen LogP contribution in [0.3, 0.4) is 0 Å². The first-order valence-corrected chi connectivity index (χ1v) is 4.08. The quantitative estimate of drug-likeness (QED) is 0.652. The van der Waals surface area contributed by atoms with Gasteiger partial charge in [0.15, 0.2) is 0 Å². The van der Waals surface area contributed by atoms with Crippen LogP contribution >= 0.6 is 0 Å². The van der Waals surface area contributed by atoms with Crippen LogP contribution in [-0.4, -0.2) is 21.1 Å². The van der Waals surface area contributed by atoms with Gasteiger partial charge in [-0.3, -0.25) is 9.89 Å². The van der Waals surface area contributed by atoms with Crippen molar-refractivity contribution < 1.29 is 0 Å². The summed E-state index contributed by atoms with van der Waals surface area (Å²) in [5.74, 6) is 0.683. The fourth-order valence-corrected chi connectivity index (χ4v) is 1.31. The van der Waals surface area contributed by atoms with E-state index in [-0.39, 0.29) is 5.56 Å². The first-order chi connectivity index (χ1) is 6.33. The molecule has 0 bridgehead atoms. The molecule has 5 heteroatoms. The normalized spacial score (nSPS) is 10.8. The Balaban J connectivity index is 2.71. The molecule has 3 N–H and O–H groups in total. The molecule has 2 rings (SSSR count).